The van der Waals surface area contributed by atoms with Crippen LogP contribution in [0, 0.1) is 5.92 Å². The fourth-order valence-electron chi connectivity index (χ4n) is 3.41. The number of carboxylic acids is 1. The van der Waals surface area contributed by atoms with Gasteiger partial charge in [-0.3, -0.25) is 14.6 Å². The number of anilines is 1. The first-order valence-corrected chi connectivity index (χ1v) is 10.3. The number of pyridine rings is 1. The van der Waals surface area contributed by atoms with Gasteiger partial charge in [0, 0.05) is 42.9 Å². The van der Waals surface area contributed by atoms with E-state index in [1.807, 2.05) is 24.4 Å². The molecule has 0 saturated carbocycles. The van der Waals surface area contributed by atoms with Gasteiger partial charge >= 0.3 is 5.97 Å². The van der Waals surface area contributed by atoms with E-state index in [0.717, 1.165) is 42.7 Å². The zero-order chi connectivity index (χ0) is 21.0. The first kappa shape index (κ1) is 21.4. The molecule has 2 N–H and O–H groups in total. The van der Waals surface area contributed by atoms with Gasteiger partial charge in [0.05, 0.1) is 27.8 Å². The molecule has 0 unspecified atom stereocenters. The molecule has 1 aliphatic rings. The van der Waals surface area contributed by atoms with Crippen molar-refractivity contribution in [1.29, 1.82) is 0 Å². The molecule has 29 heavy (non-hydrogen) atoms. The van der Waals surface area contributed by atoms with E-state index in [0.29, 0.717) is 10.0 Å². The first-order valence-electron chi connectivity index (χ1n) is 9.51. The third kappa shape index (κ3) is 5.40. The fourth-order valence-corrected chi connectivity index (χ4v) is 3.82. The largest absolute Gasteiger partial charge is 0.481 e. The SMILES string of the molecule is C[C@H](CC(=O)NC1CCN(c2cncc(-c3cccc(Cl)c3Cl)c2)CC1)C(=O)O. The number of aliphatic carboxylic acids is 1. The second-order valence-electron chi connectivity index (χ2n) is 7.31. The minimum Gasteiger partial charge on any atom is -0.481 e. The summed E-state index contributed by atoms with van der Waals surface area (Å²) >= 11 is 12.5. The lowest BCUT2D eigenvalue weighted by atomic mass is 10.0. The molecule has 1 saturated heterocycles. The van der Waals surface area contributed by atoms with Crippen LogP contribution in [-0.2, 0) is 9.59 Å². The average Bonchev–Trinajstić information content (AvgIpc) is 2.70. The summed E-state index contributed by atoms with van der Waals surface area (Å²) in [7, 11) is 0. The molecule has 1 aromatic carbocycles. The Hall–Kier alpha value is -2.31. The summed E-state index contributed by atoms with van der Waals surface area (Å²) < 4.78 is 0. The van der Waals surface area contributed by atoms with E-state index in [4.69, 9.17) is 28.3 Å². The fraction of sp³-hybridized carbons (Fsp3) is 0.381. The molecular formula is C21H23Cl2N3O3. The second kappa shape index (κ2) is 9.46. The lowest BCUT2D eigenvalue weighted by molar-refractivity contribution is -0.143. The number of nitrogens with zero attached hydrogens (tertiary/aromatic N) is 2. The lowest BCUT2D eigenvalue weighted by Crippen LogP contribution is -2.45. The highest BCUT2D eigenvalue weighted by Crippen LogP contribution is 2.34. The number of carbonyl (C=O) groups excluding carboxylic acids is 1. The van der Waals surface area contributed by atoms with Crippen molar-refractivity contribution in [2.75, 3.05) is 18.0 Å². The summed E-state index contributed by atoms with van der Waals surface area (Å²) in [6.07, 6.45) is 5.15. The molecule has 0 radical (unpaired) electrons. The van der Waals surface area contributed by atoms with Crippen LogP contribution < -0.4 is 10.2 Å². The van der Waals surface area contributed by atoms with Gasteiger partial charge in [-0.25, -0.2) is 0 Å². The average molecular weight is 436 g/mol. The predicted octanol–water partition coefficient (Wildman–Crippen LogP) is 4.25. The Morgan fingerprint density at radius 1 is 1.28 bits per heavy atom. The summed E-state index contributed by atoms with van der Waals surface area (Å²) in [6, 6.07) is 7.61. The monoisotopic (exact) mass is 435 g/mol. The Labute approximate surface area is 179 Å². The number of hydrogen-bond donors (Lipinski definition) is 2. The van der Waals surface area contributed by atoms with E-state index < -0.39 is 11.9 Å². The summed E-state index contributed by atoms with van der Waals surface area (Å²) in [4.78, 5) is 29.5. The molecule has 2 aromatic rings. The van der Waals surface area contributed by atoms with Crippen molar-refractivity contribution in [2.45, 2.75) is 32.2 Å². The zero-order valence-corrected chi connectivity index (χ0v) is 17.6. The van der Waals surface area contributed by atoms with Crippen LogP contribution in [0.2, 0.25) is 10.0 Å². The summed E-state index contributed by atoms with van der Waals surface area (Å²) in [5, 5.41) is 12.9. The number of piperidine rings is 1. The molecule has 2 heterocycles. The minimum atomic E-state index is -0.956. The molecule has 3 rings (SSSR count). The molecule has 1 amide bonds. The van der Waals surface area contributed by atoms with Crippen molar-refractivity contribution in [3.63, 3.8) is 0 Å². The summed E-state index contributed by atoms with van der Waals surface area (Å²) in [5.41, 5.74) is 2.72. The van der Waals surface area contributed by atoms with E-state index in [9.17, 15) is 9.59 Å². The van der Waals surface area contributed by atoms with Crippen LogP contribution in [0.15, 0.2) is 36.7 Å². The van der Waals surface area contributed by atoms with Gasteiger partial charge in [0.1, 0.15) is 0 Å². The van der Waals surface area contributed by atoms with Crippen LogP contribution in [0.3, 0.4) is 0 Å². The van der Waals surface area contributed by atoms with Crippen molar-refractivity contribution in [2.24, 2.45) is 5.92 Å². The first-order chi connectivity index (χ1) is 13.8. The Morgan fingerprint density at radius 3 is 2.69 bits per heavy atom. The molecule has 6 nitrogen and oxygen atoms in total. The molecule has 1 fully saturated rings. The second-order valence-corrected chi connectivity index (χ2v) is 8.09. The summed E-state index contributed by atoms with van der Waals surface area (Å²) in [5.74, 6) is -1.85. The third-order valence-electron chi connectivity index (χ3n) is 5.12. The van der Waals surface area contributed by atoms with E-state index in [2.05, 4.69) is 15.2 Å². The van der Waals surface area contributed by atoms with Gasteiger partial charge in [-0.05, 0) is 25.0 Å². The minimum absolute atomic E-state index is 0.00189. The van der Waals surface area contributed by atoms with Crippen molar-refractivity contribution in [3.8, 4) is 11.1 Å². The Kier molecular flexibility index (Phi) is 6.98. The van der Waals surface area contributed by atoms with Crippen molar-refractivity contribution < 1.29 is 14.7 Å². The molecule has 8 heteroatoms. The van der Waals surface area contributed by atoms with E-state index >= 15 is 0 Å². The maximum Gasteiger partial charge on any atom is 0.306 e. The van der Waals surface area contributed by atoms with Crippen LogP contribution in [0.4, 0.5) is 5.69 Å². The van der Waals surface area contributed by atoms with E-state index in [-0.39, 0.29) is 18.4 Å². The predicted molar refractivity (Wildman–Crippen MR) is 114 cm³/mol. The lowest BCUT2D eigenvalue weighted by Gasteiger charge is -2.34. The number of nitrogens with one attached hydrogen (secondary N) is 1. The van der Waals surface area contributed by atoms with Crippen LogP contribution in [0.25, 0.3) is 11.1 Å². The van der Waals surface area contributed by atoms with Crippen molar-refractivity contribution >= 4 is 40.8 Å². The van der Waals surface area contributed by atoms with Gasteiger partial charge in [-0.2, -0.15) is 0 Å². The van der Waals surface area contributed by atoms with Crippen LogP contribution in [0.5, 0.6) is 0 Å². The molecule has 0 spiro atoms. The number of aromatic nitrogens is 1. The highest BCUT2D eigenvalue weighted by molar-refractivity contribution is 6.43. The van der Waals surface area contributed by atoms with E-state index in [1.165, 1.54) is 6.92 Å². The van der Waals surface area contributed by atoms with Gasteiger partial charge in [-0.1, -0.05) is 42.3 Å². The van der Waals surface area contributed by atoms with Crippen molar-refractivity contribution in [3.05, 3.63) is 46.7 Å². The quantitative estimate of drug-likeness (QED) is 0.708. The number of hydrogen-bond acceptors (Lipinski definition) is 4. The normalized spacial score (nSPS) is 15.8. The number of carbonyl (C=O) groups is 2. The maximum atomic E-state index is 12.0. The zero-order valence-electron chi connectivity index (χ0n) is 16.1. The van der Waals surface area contributed by atoms with Gasteiger partial charge < -0.3 is 15.3 Å². The maximum absolute atomic E-state index is 12.0. The highest BCUT2D eigenvalue weighted by Gasteiger charge is 2.23. The number of halogens is 2. The van der Waals surface area contributed by atoms with Crippen molar-refractivity contribution in [1.82, 2.24) is 10.3 Å². The molecular weight excluding hydrogens is 413 g/mol. The Balaban J connectivity index is 1.61. The molecule has 1 aromatic heterocycles. The van der Waals surface area contributed by atoms with Crippen LogP contribution in [-0.4, -0.2) is 41.1 Å². The Morgan fingerprint density at radius 2 is 2.00 bits per heavy atom. The molecule has 1 atom stereocenters. The Bertz CT molecular complexity index is 898. The number of amides is 1. The summed E-state index contributed by atoms with van der Waals surface area (Å²) in [6.45, 7) is 3.08. The van der Waals surface area contributed by atoms with Gasteiger partial charge in [0.2, 0.25) is 5.91 Å². The number of carboxylic acid groups (broad SMARTS) is 1. The van der Waals surface area contributed by atoms with Crippen LogP contribution in [0.1, 0.15) is 26.2 Å². The molecule has 154 valence electrons. The standard InChI is InChI=1S/C21H23Cl2N3O3/c1-13(21(28)29)9-19(27)25-15-5-7-26(8-6-15)16-10-14(11-24-12-16)17-3-2-4-18(22)20(17)23/h2-4,10-13,15H,5-9H2,1H3,(H,25,27)(H,28,29)/t13-/m1/s1. The smallest absolute Gasteiger partial charge is 0.306 e. The number of rotatable bonds is 6. The highest BCUT2D eigenvalue weighted by atomic mass is 35.5. The molecule has 0 aliphatic carbocycles. The number of benzene rings is 1. The molecule has 0 bridgehead atoms. The van der Waals surface area contributed by atoms with Gasteiger partial charge in [-0.15, -0.1) is 0 Å². The van der Waals surface area contributed by atoms with Gasteiger partial charge in [0.25, 0.3) is 0 Å². The van der Waals surface area contributed by atoms with Gasteiger partial charge in [0.15, 0.2) is 0 Å². The third-order valence-corrected chi connectivity index (χ3v) is 5.94. The van der Waals surface area contributed by atoms with Crippen LogP contribution >= 0.6 is 23.2 Å². The molecule has 1 aliphatic heterocycles. The topological polar surface area (TPSA) is 82.5 Å². The van der Waals surface area contributed by atoms with E-state index in [1.54, 1.807) is 12.3 Å².